The van der Waals surface area contributed by atoms with Crippen LogP contribution in [-0.4, -0.2) is 27.0 Å². The highest BCUT2D eigenvalue weighted by atomic mass is 32.2. The first-order valence-electron chi connectivity index (χ1n) is 7.06. The third-order valence-electron chi connectivity index (χ3n) is 3.34. The van der Waals surface area contributed by atoms with Gasteiger partial charge in [0.2, 0.25) is 0 Å². The van der Waals surface area contributed by atoms with Gasteiger partial charge in [-0.2, -0.15) is 0 Å². The molecule has 0 radical (unpaired) electrons. The predicted octanol–water partition coefficient (Wildman–Crippen LogP) is 3.05. The predicted molar refractivity (Wildman–Crippen MR) is 88.0 cm³/mol. The first-order chi connectivity index (χ1) is 9.99. The van der Waals surface area contributed by atoms with E-state index in [1.165, 1.54) is 6.26 Å². The Morgan fingerprint density at radius 3 is 2.05 bits per heavy atom. The summed E-state index contributed by atoms with van der Waals surface area (Å²) in [4.78, 5) is 0. The molecule has 0 aromatic heterocycles. The maximum Gasteiger partial charge on any atom is 0.149 e. The van der Waals surface area contributed by atoms with Crippen molar-refractivity contribution in [3.63, 3.8) is 0 Å². The molecule has 1 N–H and O–H groups in total. The molecule has 112 valence electrons. The van der Waals surface area contributed by atoms with Gasteiger partial charge in [-0.25, -0.2) is 8.42 Å². The average Bonchev–Trinajstić information content (AvgIpc) is 2.47. The van der Waals surface area contributed by atoms with E-state index in [1.54, 1.807) is 0 Å². The maximum absolute atomic E-state index is 11.5. The molecule has 1 unspecified atom stereocenters. The number of benzene rings is 2. The van der Waals surface area contributed by atoms with Crippen molar-refractivity contribution in [2.45, 2.75) is 13.0 Å². The van der Waals surface area contributed by atoms with E-state index >= 15 is 0 Å². The van der Waals surface area contributed by atoms with E-state index in [9.17, 15) is 8.42 Å². The van der Waals surface area contributed by atoms with Crippen LogP contribution in [0.5, 0.6) is 0 Å². The van der Waals surface area contributed by atoms with Crippen molar-refractivity contribution in [3.05, 3.63) is 60.2 Å². The van der Waals surface area contributed by atoms with Crippen LogP contribution in [-0.2, 0) is 9.84 Å². The fourth-order valence-corrected chi connectivity index (χ4v) is 3.28. The molecule has 0 bridgehead atoms. The Morgan fingerprint density at radius 1 is 0.952 bits per heavy atom. The maximum atomic E-state index is 11.5. The van der Waals surface area contributed by atoms with E-state index in [2.05, 4.69) is 17.4 Å². The summed E-state index contributed by atoms with van der Waals surface area (Å²) in [7, 11) is -3.02. The molecule has 0 saturated carbocycles. The quantitative estimate of drug-likeness (QED) is 0.892. The van der Waals surface area contributed by atoms with Crippen LogP contribution in [0.4, 0.5) is 0 Å². The average molecular weight is 303 g/mol. The zero-order chi connectivity index (χ0) is 15.3. The topological polar surface area (TPSA) is 46.2 Å². The minimum absolute atomic E-state index is 0.117. The molecule has 0 spiro atoms. The lowest BCUT2D eigenvalue weighted by Gasteiger charge is -2.17. The molecule has 0 heterocycles. The molecule has 0 aliphatic rings. The number of hydrogen-bond acceptors (Lipinski definition) is 3. The fourth-order valence-electron chi connectivity index (χ4n) is 2.36. The Bertz CT molecular complexity index is 664. The normalized spacial score (nSPS) is 13.0. The van der Waals surface area contributed by atoms with E-state index in [0.29, 0.717) is 0 Å². The molecule has 2 rings (SSSR count). The van der Waals surface area contributed by atoms with E-state index in [0.717, 1.165) is 23.2 Å². The lowest BCUT2D eigenvalue weighted by molar-refractivity contribution is 0.563. The monoisotopic (exact) mass is 303 g/mol. The molecule has 0 fully saturated rings. The van der Waals surface area contributed by atoms with Crippen LogP contribution in [0.25, 0.3) is 11.1 Å². The molecule has 4 heteroatoms. The van der Waals surface area contributed by atoms with E-state index < -0.39 is 9.84 Å². The van der Waals surface area contributed by atoms with Crippen LogP contribution in [0.2, 0.25) is 0 Å². The molecule has 0 saturated heterocycles. The van der Waals surface area contributed by atoms with Gasteiger partial charge in [-0.05, 0) is 23.2 Å². The second-order valence-corrected chi connectivity index (χ2v) is 7.38. The molecule has 21 heavy (non-hydrogen) atoms. The molecule has 1 atom stereocenters. The molecule has 0 aliphatic carbocycles. The van der Waals surface area contributed by atoms with E-state index in [-0.39, 0.29) is 11.8 Å². The van der Waals surface area contributed by atoms with Crippen LogP contribution >= 0.6 is 0 Å². The highest BCUT2D eigenvalue weighted by Gasteiger charge is 2.16. The van der Waals surface area contributed by atoms with E-state index in [4.69, 9.17) is 0 Å². The number of sulfone groups is 1. The second kappa shape index (κ2) is 6.87. The van der Waals surface area contributed by atoms with Crippen LogP contribution in [0.1, 0.15) is 18.5 Å². The lowest BCUT2D eigenvalue weighted by atomic mass is 10.0. The third kappa shape index (κ3) is 4.69. The molecular weight excluding hydrogens is 282 g/mol. The highest BCUT2D eigenvalue weighted by molar-refractivity contribution is 7.90. The minimum atomic E-state index is -3.02. The first-order valence-corrected chi connectivity index (χ1v) is 9.12. The Balaban J connectivity index is 2.23. The zero-order valence-corrected chi connectivity index (χ0v) is 13.2. The molecule has 2 aromatic rings. The third-order valence-corrected chi connectivity index (χ3v) is 4.28. The summed E-state index contributed by atoms with van der Waals surface area (Å²) in [5.74, 6) is 0.117. The summed E-state index contributed by atoms with van der Waals surface area (Å²) in [6, 6.07) is 18.1. The summed E-state index contributed by atoms with van der Waals surface area (Å²) < 4.78 is 23.1. The zero-order valence-electron chi connectivity index (χ0n) is 12.4. The van der Waals surface area contributed by atoms with Gasteiger partial charge in [-0.3, -0.25) is 0 Å². The molecule has 3 nitrogen and oxygen atoms in total. The largest absolute Gasteiger partial charge is 0.309 e. The Kier molecular flexibility index (Phi) is 5.15. The van der Waals surface area contributed by atoms with Crippen LogP contribution in [0, 0.1) is 0 Å². The summed E-state index contributed by atoms with van der Waals surface area (Å²) in [6.45, 7) is 2.72. The summed E-state index contributed by atoms with van der Waals surface area (Å²) in [6.07, 6.45) is 1.27. The molecule has 2 aromatic carbocycles. The first kappa shape index (κ1) is 15.7. The fraction of sp³-hybridized carbons (Fsp3) is 0.294. The molecular formula is C17H21NO2S. The SMILES string of the molecule is CCNC(CS(C)(=O)=O)c1ccc(-c2ccccc2)cc1. The van der Waals surface area contributed by atoms with Gasteiger partial charge in [0.05, 0.1) is 5.75 Å². The molecule has 0 amide bonds. The van der Waals surface area contributed by atoms with Crippen molar-refractivity contribution in [2.75, 3.05) is 18.6 Å². The number of rotatable bonds is 6. The van der Waals surface area contributed by atoms with E-state index in [1.807, 2.05) is 49.4 Å². The summed E-state index contributed by atoms with van der Waals surface area (Å²) in [5.41, 5.74) is 3.29. The lowest BCUT2D eigenvalue weighted by Crippen LogP contribution is -2.27. The Morgan fingerprint density at radius 2 is 1.52 bits per heavy atom. The number of hydrogen-bond donors (Lipinski definition) is 1. The van der Waals surface area contributed by atoms with Crippen molar-refractivity contribution in [2.24, 2.45) is 0 Å². The van der Waals surface area contributed by atoms with Gasteiger partial charge in [-0.15, -0.1) is 0 Å². The van der Waals surface area contributed by atoms with Gasteiger partial charge in [-0.1, -0.05) is 61.5 Å². The van der Waals surface area contributed by atoms with Crippen molar-refractivity contribution in [1.82, 2.24) is 5.32 Å². The van der Waals surface area contributed by atoms with Gasteiger partial charge in [0.1, 0.15) is 9.84 Å². The second-order valence-electron chi connectivity index (χ2n) is 5.19. The van der Waals surface area contributed by atoms with Gasteiger partial charge < -0.3 is 5.32 Å². The van der Waals surface area contributed by atoms with Crippen molar-refractivity contribution in [1.29, 1.82) is 0 Å². The van der Waals surface area contributed by atoms with Crippen molar-refractivity contribution in [3.8, 4) is 11.1 Å². The van der Waals surface area contributed by atoms with Gasteiger partial charge in [0.15, 0.2) is 0 Å². The Labute approximate surface area is 126 Å². The van der Waals surface area contributed by atoms with Crippen LogP contribution in [0.3, 0.4) is 0 Å². The summed E-state index contributed by atoms with van der Waals surface area (Å²) >= 11 is 0. The van der Waals surface area contributed by atoms with Crippen molar-refractivity contribution < 1.29 is 8.42 Å². The Hall–Kier alpha value is -1.65. The van der Waals surface area contributed by atoms with Gasteiger partial charge in [0.25, 0.3) is 0 Å². The van der Waals surface area contributed by atoms with Gasteiger partial charge in [0, 0.05) is 12.3 Å². The minimum Gasteiger partial charge on any atom is -0.309 e. The van der Waals surface area contributed by atoms with Gasteiger partial charge >= 0.3 is 0 Å². The number of nitrogens with one attached hydrogen (secondary N) is 1. The highest BCUT2D eigenvalue weighted by Crippen LogP contribution is 2.22. The van der Waals surface area contributed by atoms with Crippen molar-refractivity contribution >= 4 is 9.84 Å². The van der Waals surface area contributed by atoms with Crippen LogP contribution < -0.4 is 5.32 Å². The summed E-state index contributed by atoms with van der Waals surface area (Å²) in [5, 5.41) is 3.24. The smallest absolute Gasteiger partial charge is 0.149 e. The molecule has 0 aliphatic heterocycles. The van der Waals surface area contributed by atoms with Crippen LogP contribution in [0.15, 0.2) is 54.6 Å². The standard InChI is InChI=1S/C17H21NO2S/c1-3-18-17(13-21(2,19)20)16-11-9-15(10-12-16)14-7-5-4-6-8-14/h4-12,17-18H,3,13H2,1-2H3.